The summed E-state index contributed by atoms with van der Waals surface area (Å²) in [6.45, 7) is 9.07. The van der Waals surface area contributed by atoms with E-state index >= 15 is 0 Å². The Labute approximate surface area is 262 Å². The first kappa shape index (κ1) is 33.1. The molecule has 0 spiro atoms. The van der Waals surface area contributed by atoms with E-state index in [4.69, 9.17) is 24.4 Å². The molecule has 0 aliphatic heterocycles. The van der Waals surface area contributed by atoms with Crippen molar-refractivity contribution >= 4 is 29.3 Å². The molecule has 44 heavy (non-hydrogen) atoms. The molecule has 3 aromatic rings. The number of amides is 2. The molecule has 2 aromatic heterocycles. The van der Waals surface area contributed by atoms with Gasteiger partial charge in [-0.05, 0) is 61.1 Å². The zero-order chi connectivity index (χ0) is 31.9. The summed E-state index contributed by atoms with van der Waals surface area (Å²) < 4.78 is 22.7. The number of hydrogen-bond donors (Lipinski definition) is 3. The second-order valence-corrected chi connectivity index (χ2v) is 12.3. The van der Waals surface area contributed by atoms with Gasteiger partial charge in [-0.3, -0.25) is 9.59 Å². The lowest BCUT2D eigenvalue weighted by Gasteiger charge is -2.20. The van der Waals surface area contributed by atoms with Crippen molar-refractivity contribution in [2.24, 2.45) is 5.73 Å². The first-order valence-corrected chi connectivity index (χ1v) is 15.5. The van der Waals surface area contributed by atoms with Gasteiger partial charge in [0.05, 0.1) is 14.2 Å². The molecular formula is C31H42N6O6S. The summed E-state index contributed by atoms with van der Waals surface area (Å²) in [5, 5.41) is 5.96. The fourth-order valence-electron chi connectivity index (χ4n) is 4.97. The quantitative estimate of drug-likeness (QED) is 0.165. The van der Waals surface area contributed by atoms with Gasteiger partial charge in [0, 0.05) is 44.4 Å². The SMILES string of the molecule is COc1nc(SCCC(=O)NCCN(C)CCN)nc(OC)c1NC(=O)c1ccc(Oc2cc3c(cc2C)CCC3(C)C)o1. The molecule has 0 bridgehead atoms. The minimum absolute atomic E-state index is 0.0296. The number of hydrogen-bond acceptors (Lipinski definition) is 11. The lowest BCUT2D eigenvalue weighted by atomic mass is 9.86. The number of aromatic nitrogens is 2. The molecule has 0 saturated heterocycles. The van der Waals surface area contributed by atoms with Gasteiger partial charge in [-0.1, -0.05) is 31.7 Å². The van der Waals surface area contributed by atoms with Gasteiger partial charge < -0.3 is 39.9 Å². The van der Waals surface area contributed by atoms with E-state index in [2.05, 4.69) is 51.5 Å². The van der Waals surface area contributed by atoms with Gasteiger partial charge in [-0.25, -0.2) is 0 Å². The van der Waals surface area contributed by atoms with Crippen LogP contribution in [0.5, 0.6) is 23.5 Å². The molecule has 12 nitrogen and oxygen atoms in total. The average molecular weight is 627 g/mol. The summed E-state index contributed by atoms with van der Waals surface area (Å²) in [5.41, 5.74) is 9.39. The van der Waals surface area contributed by atoms with E-state index in [1.807, 2.05) is 14.0 Å². The molecule has 2 heterocycles. The monoisotopic (exact) mass is 626 g/mol. The number of nitrogens with two attached hydrogens (primary N) is 1. The normalized spacial score (nSPS) is 13.5. The van der Waals surface area contributed by atoms with Crippen LogP contribution in [0.15, 0.2) is 33.8 Å². The third-order valence-corrected chi connectivity index (χ3v) is 8.35. The van der Waals surface area contributed by atoms with E-state index < -0.39 is 5.91 Å². The van der Waals surface area contributed by atoms with Crippen molar-refractivity contribution in [3.8, 4) is 23.5 Å². The third-order valence-electron chi connectivity index (χ3n) is 7.50. The number of carbonyl (C=O) groups is 2. The molecule has 1 aliphatic carbocycles. The summed E-state index contributed by atoms with van der Waals surface area (Å²) in [4.78, 5) is 36.2. The van der Waals surface area contributed by atoms with Crippen LogP contribution in [-0.2, 0) is 16.6 Å². The predicted octanol–water partition coefficient (Wildman–Crippen LogP) is 4.15. The number of nitrogens with zero attached hydrogens (tertiary/aromatic N) is 3. The van der Waals surface area contributed by atoms with Gasteiger partial charge in [-0.2, -0.15) is 9.97 Å². The number of thioether (sulfide) groups is 1. The molecule has 0 saturated carbocycles. The van der Waals surface area contributed by atoms with Crippen molar-refractivity contribution in [1.82, 2.24) is 20.2 Å². The number of aryl methyl sites for hydroxylation is 2. The molecule has 4 N–H and O–H groups in total. The number of nitrogens with one attached hydrogen (secondary N) is 2. The zero-order valence-corrected chi connectivity index (χ0v) is 27.1. The summed E-state index contributed by atoms with van der Waals surface area (Å²) in [5.74, 6) is 0.958. The highest BCUT2D eigenvalue weighted by atomic mass is 32.2. The highest BCUT2D eigenvalue weighted by molar-refractivity contribution is 7.99. The molecule has 0 atom stereocenters. The fourth-order valence-corrected chi connectivity index (χ4v) is 5.73. The molecule has 2 amide bonds. The molecule has 1 aliphatic rings. The Morgan fingerprint density at radius 2 is 1.86 bits per heavy atom. The summed E-state index contributed by atoms with van der Waals surface area (Å²) in [7, 11) is 4.82. The minimum Gasteiger partial charge on any atom is -0.479 e. The first-order valence-electron chi connectivity index (χ1n) is 14.6. The van der Waals surface area contributed by atoms with Crippen molar-refractivity contribution in [3.05, 3.63) is 46.7 Å². The Morgan fingerprint density at radius 1 is 1.14 bits per heavy atom. The van der Waals surface area contributed by atoms with E-state index in [-0.39, 0.29) is 46.9 Å². The van der Waals surface area contributed by atoms with Crippen molar-refractivity contribution in [2.75, 3.05) is 58.5 Å². The van der Waals surface area contributed by atoms with Crippen LogP contribution < -0.4 is 30.6 Å². The number of furan rings is 1. The molecule has 238 valence electrons. The second kappa shape index (κ2) is 14.8. The number of methoxy groups -OCH3 is 2. The van der Waals surface area contributed by atoms with Crippen molar-refractivity contribution < 1.29 is 28.2 Å². The lowest BCUT2D eigenvalue weighted by molar-refractivity contribution is -0.120. The Balaban J connectivity index is 1.37. The van der Waals surface area contributed by atoms with Gasteiger partial charge in [-0.15, -0.1) is 0 Å². The van der Waals surface area contributed by atoms with Crippen LogP contribution in [0, 0.1) is 6.92 Å². The van der Waals surface area contributed by atoms with Crippen LogP contribution in [0.4, 0.5) is 5.69 Å². The number of ether oxygens (including phenoxy) is 3. The van der Waals surface area contributed by atoms with Crippen LogP contribution >= 0.6 is 11.8 Å². The standard InChI is InChI=1S/C31H42N6O6S/c1-19-17-20-9-11-31(2,3)21(20)18-23(19)43-25-8-7-22(42-25)27(39)34-26-28(40-5)35-30(36-29(26)41-6)44-16-10-24(38)33-13-15-37(4)14-12-32/h7-8,17-18H,9-16,32H2,1-6H3,(H,33,38)(H,34,39). The van der Waals surface area contributed by atoms with Crippen LogP contribution in [0.1, 0.15) is 53.9 Å². The van der Waals surface area contributed by atoms with Crippen LogP contribution in [0.2, 0.25) is 0 Å². The Morgan fingerprint density at radius 3 is 2.55 bits per heavy atom. The zero-order valence-electron chi connectivity index (χ0n) is 26.2. The number of carbonyl (C=O) groups excluding carboxylic acids is 2. The van der Waals surface area contributed by atoms with Gasteiger partial charge in [0.2, 0.25) is 17.7 Å². The van der Waals surface area contributed by atoms with Crippen molar-refractivity contribution in [3.63, 3.8) is 0 Å². The molecule has 0 unspecified atom stereocenters. The number of fused-ring (bicyclic) bond motifs is 1. The van der Waals surface area contributed by atoms with Gasteiger partial charge in [0.25, 0.3) is 11.9 Å². The number of anilines is 1. The summed E-state index contributed by atoms with van der Waals surface area (Å²) in [6, 6.07) is 7.37. The Kier molecular flexibility index (Phi) is 11.1. The highest BCUT2D eigenvalue weighted by Gasteiger charge is 2.31. The summed E-state index contributed by atoms with van der Waals surface area (Å²) >= 11 is 1.27. The largest absolute Gasteiger partial charge is 0.479 e. The number of benzene rings is 1. The van der Waals surface area contributed by atoms with Crippen LogP contribution in [-0.4, -0.2) is 79.9 Å². The lowest BCUT2D eigenvalue weighted by Crippen LogP contribution is -2.35. The number of rotatable bonds is 15. The Hall–Kier alpha value is -3.81. The second-order valence-electron chi connectivity index (χ2n) is 11.3. The highest BCUT2D eigenvalue weighted by Crippen LogP contribution is 2.42. The van der Waals surface area contributed by atoms with Gasteiger partial charge in [0.15, 0.2) is 16.6 Å². The molecule has 0 fully saturated rings. The predicted molar refractivity (Wildman–Crippen MR) is 169 cm³/mol. The fraction of sp³-hybridized carbons (Fsp3) is 0.484. The minimum atomic E-state index is -0.555. The first-order chi connectivity index (χ1) is 21.0. The molecule has 13 heteroatoms. The Bertz CT molecular complexity index is 1450. The smallest absolute Gasteiger partial charge is 0.291 e. The average Bonchev–Trinajstić information content (AvgIpc) is 3.57. The van der Waals surface area contributed by atoms with E-state index in [9.17, 15) is 9.59 Å². The molecule has 1 aromatic carbocycles. The van der Waals surface area contributed by atoms with Crippen LogP contribution in [0.3, 0.4) is 0 Å². The molecule has 4 rings (SSSR count). The molecule has 0 radical (unpaired) electrons. The van der Waals surface area contributed by atoms with Crippen molar-refractivity contribution in [1.29, 1.82) is 0 Å². The van der Waals surface area contributed by atoms with Crippen LogP contribution in [0.25, 0.3) is 0 Å². The molecular weight excluding hydrogens is 584 g/mol. The maximum absolute atomic E-state index is 13.1. The third kappa shape index (κ3) is 8.21. The number of likely N-dealkylation sites (N-methyl/N-ethyl adjacent to an activating group) is 1. The van der Waals surface area contributed by atoms with E-state index in [1.54, 1.807) is 6.07 Å². The van der Waals surface area contributed by atoms with Gasteiger partial charge in [0.1, 0.15) is 5.75 Å². The maximum Gasteiger partial charge on any atom is 0.291 e. The van der Waals surface area contributed by atoms with E-state index in [0.29, 0.717) is 29.7 Å². The van der Waals surface area contributed by atoms with Gasteiger partial charge >= 0.3 is 0 Å². The summed E-state index contributed by atoms with van der Waals surface area (Å²) in [6.07, 6.45) is 2.43. The van der Waals surface area contributed by atoms with Crippen molar-refractivity contribution in [2.45, 2.75) is 50.6 Å². The van der Waals surface area contributed by atoms with E-state index in [1.165, 1.54) is 43.2 Å². The topological polar surface area (TPSA) is 154 Å². The van der Waals surface area contributed by atoms with E-state index in [0.717, 1.165) is 31.5 Å². The maximum atomic E-state index is 13.1.